The molecule has 0 aliphatic carbocycles. The number of methoxy groups -OCH3 is 2. The third-order valence-corrected chi connectivity index (χ3v) is 5.51. The van der Waals surface area contributed by atoms with Crippen molar-refractivity contribution in [3.05, 3.63) is 59.2 Å². The number of rotatable bonds is 7. The zero-order chi connectivity index (χ0) is 21.5. The Labute approximate surface area is 178 Å². The Morgan fingerprint density at radius 2 is 1.93 bits per heavy atom. The van der Waals surface area contributed by atoms with Gasteiger partial charge in [-0.05, 0) is 43.4 Å². The fraction of sp³-hybridized carbons (Fsp3) is 0.417. The number of likely N-dealkylation sites (tertiary alicyclic amines) is 1. The third kappa shape index (κ3) is 5.32. The molecule has 1 atom stereocenters. The maximum absolute atomic E-state index is 12.7. The van der Waals surface area contributed by atoms with E-state index >= 15 is 0 Å². The lowest BCUT2D eigenvalue weighted by Crippen LogP contribution is -2.44. The van der Waals surface area contributed by atoms with Gasteiger partial charge in [-0.25, -0.2) is 0 Å². The summed E-state index contributed by atoms with van der Waals surface area (Å²) in [5.74, 6) is 1.13. The van der Waals surface area contributed by atoms with Crippen molar-refractivity contribution in [2.45, 2.75) is 26.2 Å². The summed E-state index contributed by atoms with van der Waals surface area (Å²) in [7, 11) is 3.07. The molecule has 6 nitrogen and oxygen atoms in total. The molecule has 3 rings (SSSR count). The summed E-state index contributed by atoms with van der Waals surface area (Å²) in [6, 6.07) is 13.3. The zero-order valence-corrected chi connectivity index (χ0v) is 17.9. The number of benzene rings is 2. The van der Waals surface area contributed by atoms with Crippen LogP contribution in [-0.2, 0) is 11.2 Å². The Morgan fingerprint density at radius 1 is 1.13 bits per heavy atom. The summed E-state index contributed by atoms with van der Waals surface area (Å²) < 4.78 is 10.6. The molecule has 1 fully saturated rings. The molecule has 160 valence electrons. The lowest BCUT2D eigenvalue weighted by atomic mass is 9.97. The molecule has 1 aliphatic heterocycles. The molecular weight excluding hydrogens is 380 g/mol. The van der Waals surface area contributed by atoms with Crippen LogP contribution in [0.2, 0.25) is 0 Å². The number of piperidine rings is 1. The number of para-hydroxylation sites is 1. The second-order valence-electron chi connectivity index (χ2n) is 7.76. The van der Waals surface area contributed by atoms with E-state index in [4.69, 9.17) is 9.47 Å². The summed E-state index contributed by atoms with van der Waals surface area (Å²) in [4.78, 5) is 27.4. The Bertz CT molecular complexity index is 897. The number of carbonyl (C=O) groups excluding carboxylic acids is 2. The smallest absolute Gasteiger partial charge is 0.255 e. The van der Waals surface area contributed by atoms with Crippen LogP contribution in [0.15, 0.2) is 42.5 Å². The van der Waals surface area contributed by atoms with Gasteiger partial charge in [-0.15, -0.1) is 0 Å². The van der Waals surface area contributed by atoms with Gasteiger partial charge in [0, 0.05) is 19.6 Å². The van der Waals surface area contributed by atoms with Crippen molar-refractivity contribution >= 4 is 11.8 Å². The van der Waals surface area contributed by atoms with Gasteiger partial charge in [0.1, 0.15) is 0 Å². The molecule has 2 aromatic carbocycles. The molecule has 0 unspecified atom stereocenters. The van der Waals surface area contributed by atoms with E-state index in [1.165, 1.54) is 7.11 Å². The summed E-state index contributed by atoms with van der Waals surface area (Å²) in [5.41, 5.74) is 2.65. The molecule has 1 saturated heterocycles. The van der Waals surface area contributed by atoms with Crippen LogP contribution in [0.25, 0.3) is 0 Å². The van der Waals surface area contributed by atoms with Crippen molar-refractivity contribution in [2.24, 2.45) is 5.92 Å². The number of hydrogen-bond donors (Lipinski definition) is 1. The summed E-state index contributed by atoms with van der Waals surface area (Å²) >= 11 is 0. The highest BCUT2D eigenvalue weighted by Gasteiger charge is 2.25. The first-order valence-electron chi connectivity index (χ1n) is 10.3. The van der Waals surface area contributed by atoms with Gasteiger partial charge >= 0.3 is 0 Å². The summed E-state index contributed by atoms with van der Waals surface area (Å²) in [6.45, 7) is 4.00. The van der Waals surface area contributed by atoms with Crippen LogP contribution in [0.3, 0.4) is 0 Å². The van der Waals surface area contributed by atoms with E-state index in [0.717, 1.165) is 30.5 Å². The van der Waals surface area contributed by atoms with Crippen LogP contribution >= 0.6 is 0 Å². The fourth-order valence-corrected chi connectivity index (χ4v) is 3.96. The van der Waals surface area contributed by atoms with E-state index in [0.29, 0.717) is 36.6 Å². The predicted octanol–water partition coefficient (Wildman–Crippen LogP) is 3.22. The minimum absolute atomic E-state index is 0.145. The predicted molar refractivity (Wildman–Crippen MR) is 116 cm³/mol. The highest BCUT2D eigenvalue weighted by atomic mass is 16.5. The van der Waals surface area contributed by atoms with E-state index in [-0.39, 0.29) is 17.7 Å². The number of amides is 2. The maximum Gasteiger partial charge on any atom is 0.255 e. The van der Waals surface area contributed by atoms with Gasteiger partial charge in [-0.3, -0.25) is 9.59 Å². The van der Waals surface area contributed by atoms with Crippen molar-refractivity contribution in [3.8, 4) is 11.5 Å². The molecule has 0 radical (unpaired) electrons. The van der Waals surface area contributed by atoms with Gasteiger partial charge in [-0.1, -0.05) is 35.9 Å². The van der Waals surface area contributed by atoms with Gasteiger partial charge in [0.2, 0.25) is 5.91 Å². The quantitative estimate of drug-likeness (QED) is 0.761. The number of ether oxygens (including phenoxy) is 2. The lowest BCUT2D eigenvalue weighted by Gasteiger charge is -2.33. The van der Waals surface area contributed by atoms with Crippen molar-refractivity contribution in [1.82, 2.24) is 10.2 Å². The zero-order valence-electron chi connectivity index (χ0n) is 17.9. The van der Waals surface area contributed by atoms with E-state index in [2.05, 4.69) is 11.4 Å². The Kier molecular flexibility index (Phi) is 7.33. The Morgan fingerprint density at radius 3 is 2.67 bits per heavy atom. The molecule has 0 spiro atoms. The van der Waals surface area contributed by atoms with E-state index in [1.807, 2.05) is 30.0 Å². The first-order valence-corrected chi connectivity index (χ1v) is 10.3. The topological polar surface area (TPSA) is 67.9 Å². The van der Waals surface area contributed by atoms with Crippen LogP contribution in [0.5, 0.6) is 11.5 Å². The van der Waals surface area contributed by atoms with Crippen LogP contribution in [0.4, 0.5) is 0 Å². The molecule has 1 heterocycles. The normalized spacial score (nSPS) is 16.1. The minimum Gasteiger partial charge on any atom is -0.493 e. The summed E-state index contributed by atoms with van der Waals surface area (Å²) in [6.07, 6.45) is 2.36. The van der Waals surface area contributed by atoms with Gasteiger partial charge in [0.25, 0.3) is 5.91 Å². The molecule has 0 saturated carbocycles. The van der Waals surface area contributed by atoms with Crippen molar-refractivity contribution in [3.63, 3.8) is 0 Å². The molecule has 1 aliphatic rings. The molecule has 2 amide bonds. The molecular formula is C24H30N2O4. The monoisotopic (exact) mass is 410 g/mol. The average molecular weight is 411 g/mol. The van der Waals surface area contributed by atoms with E-state index < -0.39 is 0 Å². The standard InChI is InChI=1S/C24H30N2O4/c1-17-7-4-8-18(13-17)14-22(27)26-12-6-9-19(16-26)15-25-24(28)20-10-5-11-21(29-2)23(20)30-3/h4-5,7-8,10-11,13,19H,6,9,12,14-16H2,1-3H3,(H,25,28)/t19-/m0/s1. The van der Waals surface area contributed by atoms with Gasteiger partial charge in [-0.2, -0.15) is 0 Å². The largest absolute Gasteiger partial charge is 0.493 e. The summed E-state index contributed by atoms with van der Waals surface area (Å²) in [5, 5.41) is 3.00. The molecule has 0 aromatic heterocycles. The third-order valence-electron chi connectivity index (χ3n) is 5.51. The molecule has 0 bridgehead atoms. The van der Waals surface area contributed by atoms with Crippen LogP contribution < -0.4 is 14.8 Å². The second-order valence-corrected chi connectivity index (χ2v) is 7.76. The van der Waals surface area contributed by atoms with Crippen molar-refractivity contribution in [2.75, 3.05) is 33.9 Å². The molecule has 30 heavy (non-hydrogen) atoms. The van der Waals surface area contributed by atoms with Crippen molar-refractivity contribution < 1.29 is 19.1 Å². The van der Waals surface area contributed by atoms with Crippen LogP contribution in [0.1, 0.15) is 34.3 Å². The van der Waals surface area contributed by atoms with Crippen molar-refractivity contribution in [1.29, 1.82) is 0 Å². The first kappa shape index (κ1) is 21.7. The highest BCUT2D eigenvalue weighted by Crippen LogP contribution is 2.30. The minimum atomic E-state index is -0.200. The number of aryl methyl sites for hydroxylation is 1. The van der Waals surface area contributed by atoms with E-state index in [9.17, 15) is 9.59 Å². The number of nitrogens with zero attached hydrogens (tertiary/aromatic N) is 1. The van der Waals surface area contributed by atoms with Crippen LogP contribution in [-0.4, -0.2) is 50.6 Å². The highest BCUT2D eigenvalue weighted by molar-refractivity contribution is 5.97. The number of carbonyl (C=O) groups is 2. The van der Waals surface area contributed by atoms with Gasteiger partial charge in [0.15, 0.2) is 11.5 Å². The Balaban J connectivity index is 1.56. The number of nitrogens with one attached hydrogen (secondary N) is 1. The average Bonchev–Trinajstić information content (AvgIpc) is 2.77. The lowest BCUT2D eigenvalue weighted by molar-refractivity contribution is -0.132. The Hall–Kier alpha value is -3.02. The van der Waals surface area contributed by atoms with Gasteiger partial charge in [0.05, 0.1) is 26.2 Å². The maximum atomic E-state index is 12.7. The first-order chi connectivity index (χ1) is 14.5. The van der Waals surface area contributed by atoms with E-state index in [1.54, 1.807) is 25.3 Å². The second kappa shape index (κ2) is 10.1. The molecule has 1 N–H and O–H groups in total. The van der Waals surface area contributed by atoms with Gasteiger partial charge < -0.3 is 19.7 Å². The fourth-order valence-electron chi connectivity index (χ4n) is 3.96. The molecule has 6 heteroatoms. The molecule has 2 aromatic rings. The van der Waals surface area contributed by atoms with Crippen LogP contribution in [0, 0.1) is 12.8 Å². The number of hydrogen-bond acceptors (Lipinski definition) is 4. The SMILES string of the molecule is COc1cccc(C(=O)NC[C@@H]2CCCN(C(=O)Cc3cccc(C)c3)C2)c1OC.